The number of hydrogen-bond acceptors (Lipinski definition) is 3. The lowest BCUT2D eigenvalue weighted by Gasteiger charge is -2.23. The van der Waals surface area contributed by atoms with Crippen molar-refractivity contribution in [2.45, 2.75) is 39.7 Å². The molecule has 0 amide bonds. The Morgan fingerprint density at radius 3 is 2.53 bits per heavy atom. The van der Waals surface area contributed by atoms with Gasteiger partial charge in [-0.2, -0.15) is 0 Å². The summed E-state index contributed by atoms with van der Waals surface area (Å²) in [5.74, 6) is 0.147. The van der Waals surface area contributed by atoms with E-state index in [2.05, 4.69) is 20.4 Å². The van der Waals surface area contributed by atoms with E-state index in [0.717, 1.165) is 22.3 Å². The Labute approximate surface area is 200 Å². The molecule has 1 N–H and O–H groups in total. The van der Waals surface area contributed by atoms with Crippen LogP contribution in [0.1, 0.15) is 37.0 Å². The molecule has 0 spiro atoms. The van der Waals surface area contributed by atoms with Gasteiger partial charge in [-0.05, 0) is 70.8 Å². The van der Waals surface area contributed by atoms with Crippen LogP contribution in [-0.2, 0) is 24.2 Å². The van der Waals surface area contributed by atoms with Gasteiger partial charge in [-0.3, -0.25) is 4.79 Å². The average molecular weight is 463 g/mol. The third kappa shape index (κ3) is 6.70. The van der Waals surface area contributed by atoms with E-state index in [0.29, 0.717) is 36.5 Å². The van der Waals surface area contributed by atoms with Crippen LogP contribution < -0.4 is 9.47 Å². The number of carbonyl (C=O) groups is 1. The second-order valence-electron chi connectivity index (χ2n) is 9.04. The van der Waals surface area contributed by atoms with Crippen LogP contribution in [0.4, 0.5) is 4.39 Å². The van der Waals surface area contributed by atoms with Gasteiger partial charge in [0, 0.05) is 12.0 Å². The molecule has 0 saturated heterocycles. The van der Waals surface area contributed by atoms with Crippen LogP contribution in [0.5, 0.6) is 11.5 Å². The minimum Gasteiger partial charge on any atom is -0.497 e. The molecule has 0 atom stereocenters. The van der Waals surface area contributed by atoms with Gasteiger partial charge < -0.3 is 14.6 Å². The number of allylic oxidation sites excluding steroid dienone is 1. The standard InChI is InChI=1S/C29H31FO4/c1-5-29(2,3)18-22-15-21(9-12-25(22)26-17-23(33-4)11-13-27(26)30)19-34-24-8-6-7-20(16-24)10-14-28(31)32/h5-9,11-13,15-17H,1,10,14,18-19H2,2-4H3,(H,31,32). The first-order valence-electron chi connectivity index (χ1n) is 11.2. The Bertz CT molecular complexity index is 1170. The van der Waals surface area contributed by atoms with E-state index in [1.165, 1.54) is 6.07 Å². The van der Waals surface area contributed by atoms with E-state index >= 15 is 0 Å². The van der Waals surface area contributed by atoms with Crippen LogP contribution in [0.2, 0.25) is 0 Å². The molecule has 0 unspecified atom stereocenters. The van der Waals surface area contributed by atoms with Crippen LogP contribution >= 0.6 is 0 Å². The van der Waals surface area contributed by atoms with Gasteiger partial charge in [0.25, 0.3) is 0 Å². The van der Waals surface area contributed by atoms with Crippen molar-refractivity contribution in [3.63, 3.8) is 0 Å². The fraction of sp³-hybridized carbons (Fsp3) is 0.276. The van der Waals surface area contributed by atoms with E-state index in [1.807, 2.05) is 48.5 Å². The summed E-state index contributed by atoms with van der Waals surface area (Å²) in [5.41, 5.74) is 3.99. The molecule has 0 aliphatic rings. The van der Waals surface area contributed by atoms with Gasteiger partial charge >= 0.3 is 5.97 Å². The lowest BCUT2D eigenvalue weighted by molar-refractivity contribution is -0.136. The highest BCUT2D eigenvalue weighted by molar-refractivity contribution is 5.70. The fourth-order valence-corrected chi connectivity index (χ4v) is 3.76. The minimum atomic E-state index is -0.825. The Morgan fingerprint density at radius 1 is 1.03 bits per heavy atom. The molecule has 0 aliphatic carbocycles. The summed E-state index contributed by atoms with van der Waals surface area (Å²) in [6.45, 7) is 8.48. The first kappa shape index (κ1) is 25.0. The molecule has 0 aromatic heterocycles. The Kier molecular flexibility index (Phi) is 8.11. The second kappa shape index (κ2) is 11.0. The summed E-state index contributed by atoms with van der Waals surface area (Å²) in [7, 11) is 1.57. The minimum absolute atomic E-state index is 0.0776. The van der Waals surface area contributed by atoms with E-state index in [1.54, 1.807) is 19.2 Å². The van der Waals surface area contributed by atoms with E-state index in [-0.39, 0.29) is 17.7 Å². The molecule has 178 valence electrons. The number of rotatable bonds is 11. The maximum Gasteiger partial charge on any atom is 0.303 e. The van der Waals surface area contributed by atoms with Crippen molar-refractivity contribution >= 4 is 5.97 Å². The summed E-state index contributed by atoms with van der Waals surface area (Å²) in [4.78, 5) is 10.8. The van der Waals surface area contributed by atoms with Crippen molar-refractivity contribution in [1.29, 1.82) is 0 Å². The summed E-state index contributed by atoms with van der Waals surface area (Å²) >= 11 is 0. The highest BCUT2D eigenvalue weighted by atomic mass is 19.1. The van der Waals surface area contributed by atoms with Gasteiger partial charge in [0.05, 0.1) is 7.11 Å². The molecule has 0 heterocycles. The number of methoxy groups -OCH3 is 1. The SMILES string of the molecule is C=CC(C)(C)Cc1cc(COc2cccc(CCC(=O)O)c2)ccc1-c1cc(OC)ccc1F. The highest BCUT2D eigenvalue weighted by Crippen LogP contribution is 2.34. The summed E-state index contributed by atoms with van der Waals surface area (Å²) in [6, 6.07) is 18.1. The first-order valence-corrected chi connectivity index (χ1v) is 11.2. The van der Waals surface area contributed by atoms with Gasteiger partial charge in [-0.1, -0.05) is 50.3 Å². The monoisotopic (exact) mass is 462 g/mol. The Morgan fingerprint density at radius 2 is 1.82 bits per heavy atom. The van der Waals surface area contributed by atoms with E-state index < -0.39 is 5.97 Å². The zero-order chi connectivity index (χ0) is 24.7. The van der Waals surface area contributed by atoms with Crippen molar-refractivity contribution < 1.29 is 23.8 Å². The van der Waals surface area contributed by atoms with Crippen LogP contribution in [-0.4, -0.2) is 18.2 Å². The quantitative estimate of drug-likeness (QED) is 0.317. The molecule has 4 nitrogen and oxygen atoms in total. The Hall–Kier alpha value is -3.60. The molecular formula is C29H31FO4. The fourth-order valence-electron chi connectivity index (χ4n) is 3.76. The summed E-state index contributed by atoms with van der Waals surface area (Å²) < 4.78 is 26.1. The third-order valence-corrected chi connectivity index (χ3v) is 5.76. The zero-order valence-electron chi connectivity index (χ0n) is 19.9. The van der Waals surface area contributed by atoms with Crippen LogP contribution in [0.3, 0.4) is 0 Å². The molecule has 0 saturated carbocycles. The van der Waals surface area contributed by atoms with Gasteiger partial charge in [-0.15, -0.1) is 6.58 Å². The average Bonchev–Trinajstić information content (AvgIpc) is 2.82. The topological polar surface area (TPSA) is 55.8 Å². The number of ether oxygens (including phenoxy) is 2. The normalized spacial score (nSPS) is 11.2. The molecule has 3 rings (SSSR count). The molecule has 3 aromatic rings. The second-order valence-corrected chi connectivity index (χ2v) is 9.04. The predicted molar refractivity (Wildman–Crippen MR) is 133 cm³/mol. The molecule has 0 bridgehead atoms. The van der Waals surface area contributed by atoms with Gasteiger partial charge in [-0.25, -0.2) is 4.39 Å². The highest BCUT2D eigenvalue weighted by Gasteiger charge is 2.19. The lowest BCUT2D eigenvalue weighted by Crippen LogP contribution is -2.12. The molecule has 0 radical (unpaired) electrons. The van der Waals surface area contributed by atoms with Crippen molar-refractivity contribution in [1.82, 2.24) is 0 Å². The number of hydrogen-bond donors (Lipinski definition) is 1. The van der Waals surface area contributed by atoms with Gasteiger partial charge in [0.1, 0.15) is 23.9 Å². The van der Waals surface area contributed by atoms with Crippen molar-refractivity contribution in [2.75, 3.05) is 7.11 Å². The predicted octanol–water partition coefficient (Wildman–Crippen LogP) is 6.85. The third-order valence-electron chi connectivity index (χ3n) is 5.76. The van der Waals surface area contributed by atoms with Gasteiger partial charge in [0.2, 0.25) is 0 Å². The molecular weight excluding hydrogens is 431 g/mol. The number of aliphatic carboxylic acids is 1. The molecule has 0 fully saturated rings. The largest absolute Gasteiger partial charge is 0.497 e. The zero-order valence-corrected chi connectivity index (χ0v) is 19.9. The summed E-state index contributed by atoms with van der Waals surface area (Å²) in [6.07, 6.45) is 3.12. The lowest BCUT2D eigenvalue weighted by atomic mass is 9.82. The van der Waals surface area contributed by atoms with E-state index in [4.69, 9.17) is 14.6 Å². The smallest absolute Gasteiger partial charge is 0.303 e. The number of aryl methyl sites for hydroxylation is 1. The number of benzene rings is 3. The van der Waals surface area contributed by atoms with Crippen LogP contribution in [0.25, 0.3) is 11.1 Å². The Balaban J connectivity index is 1.88. The maximum absolute atomic E-state index is 14.8. The summed E-state index contributed by atoms with van der Waals surface area (Å²) in [5, 5.41) is 8.90. The molecule has 5 heteroatoms. The number of carboxylic acids is 1. The van der Waals surface area contributed by atoms with Crippen molar-refractivity contribution in [3.8, 4) is 22.6 Å². The van der Waals surface area contributed by atoms with Crippen molar-refractivity contribution in [3.05, 3.63) is 95.8 Å². The molecule has 34 heavy (non-hydrogen) atoms. The number of carboxylic acid groups (broad SMARTS) is 1. The maximum atomic E-state index is 14.8. The van der Waals surface area contributed by atoms with Crippen LogP contribution in [0.15, 0.2) is 73.3 Å². The van der Waals surface area contributed by atoms with Crippen LogP contribution in [0, 0.1) is 11.2 Å². The first-order chi connectivity index (χ1) is 16.2. The van der Waals surface area contributed by atoms with Gasteiger partial charge in [0.15, 0.2) is 0 Å². The molecule has 0 aliphatic heterocycles. The van der Waals surface area contributed by atoms with E-state index in [9.17, 15) is 9.18 Å². The molecule has 3 aromatic carbocycles. The number of halogens is 1. The van der Waals surface area contributed by atoms with Crippen molar-refractivity contribution in [2.24, 2.45) is 5.41 Å².